The van der Waals surface area contributed by atoms with Gasteiger partial charge in [-0.1, -0.05) is 19.3 Å². The molecular weight excluding hydrogens is 376 g/mol. The maximum absolute atomic E-state index is 13.5. The summed E-state index contributed by atoms with van der Waals surface area (Å²) in [6, 6.07) is 5.74. The van der Waals surface area contributed by atoms with Crippen LogP contribution in [0.5, 0.6) is 5.75 Å². The van der Waals surface area contributed by atoms with Gasteiger partial charge in [-0.15, -0.1) is 10.2 Å². The molecule has 2 heterocycles. The van der Waals surface area contributed by atoms with E-state index in [2.05, 4.69) is 19.7 Å². The summed E-state index contributed by atoms with van der Waals surface area (Å²) in [6.45, 7) is 4.60. The molecular formula is C24H32N4O2. The number of ether oxygens (including phenoxy) is 1. The summed E-state index contributed by atoms with van der Waals surface area (Å²) >= 11 is 0. The van der Waals surface area contributed by atoms with Gasteiger partial charge in [0.2, 0.25) is 0 Å². The molecule has 1 atom stereocenters. The molecule has 0 N–H and O–H groups in total. The van der Waals surface area contributed by atoms with Crippen LogP contribution in [-0.2, 0) is 6.54 Å². The first-order chi connectivity index (χ1) is 14.6. The van der Waals surface area contributed by atoms with E-state index in [-0.39, 0.29) is 17.2 Å². The number of hydrogen-bond acceptors (Lipinski definition) is 4. The second-order valence-electron chi connectivity index (χ2n) is 9.63. The second-order valence-corrected chi connectivity index (χ2v) is 9.63. The summed E-state index contributed by atoms with van der Waals surface area (Å²) in [4.78, 5) is 15.6. The van der Waals surface area contributed by atoms with E-state index in [4.69, 9.17) is 4.74 Å². The minimum absolute atomic E-state index is 0.135. The third-order valence-corrected chi connectivity index (χ3v) is 7.56. The molecule has 0 bridgehead atoms. The van der Waals surface area contributed by atoms with Crippen LogP contribution in [0, 0.1) is 18.3 Å². The third kappa shape index (κ3) is 3.50. The number of aromatic nitrogens is 3. The molecule has 1 aliphatic heterocycles. The number of rotatable bonds is 5. The highest BCUT2D eigenvalue weighted by Crippen LogP contribution is 2.52. The molecule has 1 saturated heterocycles. The number of benzene rings is 1. The lowest BCUT2D eigenvalue weighted by Gasteiger charge is -2.37. The van der Waals surface area contributed by atoms with Crippen molar-refractivity contribution in [3.05, 3.63) is 41.5 Å². The number of amides is 1. The largest absolute Gasteiger partial charge is 0.497 e. The molecule has 6 nitrogen and oxygen atoms in total. The van der Waals surface area contributed by atoms with Crippen LogP contribution in [0.3, 0.4) is 0 Å². The number of nitrogens with zero attached hydrogens (tertiary/aromatic N) is 4. The Morgan fingerprint density at radius 3 is 2.73 bits per heavy atom. The van der Waals surface area contributed by atoms with Crippen LogP contribution >= 0.6 is 0 Å². The summed E-state index contributed by atoms with van der Waals surface area (Å²) in [5, 5.41) is 8.88. The number of carbonyl (C=O) groups excluding carboxylic acids is 1. The Kier molecular flexibility index (Phi) is 5.03. The molecule has 2 saturated carbocycles. The molecule has 1 spiro atoms. The van der Waals surface area contributed by atoms with E-state index in [9.17, 15) is 4.79 Å². The van der Waals surface area contributed by atoms with E-state index in [1.165, 1.54) is 44.9 Å². The smallest absolute Gasteiger partial charge is 0.254 e. The number of methoxy groups -OCH3 is 1. The lowest BCUT2D eigenvalue weighted by atomic mass is 9.67. The van der Waals surface area contributed by atoms with Crippen LogP contribution < -0.4 is 4.74 Å². The molecule has 0 radical (unpaired) electrons. The van der Waals surface area contributed by atoms with Gasteiger partial charge in [-0.2, -0.15) is 0 Å². The van der Waals surface area contributed by atoms with Gasteiger partial charge in [-0.05, 0) is 67.7 Å². The normalized spacial score (nSPS) is 23.1. The van der Waals surface area contributed by atoms with Crippen molar-refractivity contribution >= 4 is 5.91 Å². The number of aryl methyl sites for hydroxylation is 1. The predicted molar refractivity (Wildman–Crippen MR) is 115 cm³/mol. The van der Waals surface area contributed by atoms with Gasteiger partial charge in [0.15, 0.2) is 0 Å². The molecule has 5 rings (SSSR count). The zero-order chi connectivity index (χ0) is 20.7. The third-order valence-electron chi connectivity index (χ3n) is 7.56. The monoisotopic (exact) mass is 408 g/mol. The standard InChI is InChI=1S/C24H32N4O2/c1-17-12-19(30-2)8-9-20(17)23(29)27-14-21(24(15-27)10-4-3-5-11-24)22-26-25-16-28(22)13-18-6-7-18/h8-9,12,16,18,21H,3-7,10-11,13-15H2,1-2H3. The number of hydrogen-bond donors (Lipinski definition) is 0. The number of likely N-dealkylation sites (tertiary alicyclic amines) is 1. The van der Waals surface area contributed by atoms with Crippen LogP contribution in [0.15, 0.2) is 24.5 Å². The van der Waals surface area contributed by atoms with Gasteiger partial charge in [0.1, 0.15) is 17.9 Å². The quantitative estimate of drug-likeness (QED) is 0.744. The first-order valence-electron chi connectivity index (χ1n) is 11.4. The summed E-state index contributed by atoms with van der Waals surface area (Å²) < 4.78 is 7.60. The van der Waals surface area contributed by atoms with Crippen molar-refractivity contribution in [3.63, 3.8) is 0 Å². The molecule has 3 aliphatic rings. The van der Waals surface area contributed by atoms with Gasteiger partial charge in [-0.3, -0.25) is 4.79 Å². The Morgan fingerprint density at radius 2 is 2.03 bits per heavy atom. The van der Waals surface area contributed by atoms with E-state index >= 15 is 0 Å². The lowest BCUT2D eigenvalue weighted by Crippen LogP contribution is -2.34. The van der Waals surface area contributed by atoms with Crippen LogP contribution in [0.2, 0.25) is 0 Å². The van der Waals surface area contributed by atoms with Crippen LogP contribution in [0.1, 0.15) is 72.6 Å². The van der Waals surface area contributed by atoms with E-state index in [1.807, 2.05) is 31.5 Å². The summed E-state index contributed by atoms with van der Waals surface area (Å²) in [7, 11) is 1.66. The zero-order valence-electron chi connectivity index (χ0n) is 18.1. The average Bonchev–Trinajstić information content (AvgIpc) is 3.35. The van der Waals surface area contributed by atoms with Crippen molar-refractivity contribution in [1.29, 1.82) is 0 Å². The fraction of sp³-hybridized carbons (Fsp3) is 0.625. The molecule has 2 aromatic rings. The average molecular weight is 409 g/mol. The molecule has 160 valence electrons. The van der Waals surface area contributed by atoms with Crippen molar-refractivity contribution in [2.45, 2.75) is 64.3 Å². The van der Waals surface area contributed by atoms with Crippen molar-refractivity contribution in [2.24, 2.45) is 11.3 Å². The molecule has 2 aliphatic carbocycles. The first kappa shape index (κ1) is 19.6. The van der Waals surface area contributed by atoms with Gasteiger partial charge in [0, 0.05) is 31.1 Å². The molecule has 6 heteroatoms. The summed E-state index contributed by atoms with van der Waals surface area (Å²) in [5.74, 6) is 3.09. The van der Waals surface area contributed by atoms with E-state index in [0.717, 1.165) is 48.3 Å². The highest BCUT2D eigenvalue weighted by Gasteiger charge is 2.50. The molecule has 1 aromatic heterocycles. The van der Waals surface area contributed by atoms with Gasteiger partial charge in [-0.25, -0.2) is 0 Å². The molecule has 3 fully saturated rings. The maximum atomic E-state index is 13.5. The van der Waals surface area contributed by atoms with Crippen LogP contribution in [0.4, 0.5) is 0 Å². The Labute approximate surface area is 178 Å². The maximum Gasteiger partial charge on any atom is 0.254 e. The van der Waals surface area contributed by atoms with Crippen molar-refractivity contribution < 1.29 is 9.53 Å². The Balaban J connectivity index is 1.44. The predicted octanol–water partition coefficient (Wildman–Crippen LogP) is 4.20. The Hall–Kier alpha value is -2.37. The van der Waals surface area contributed by atoms with Gasteiger partial charge in [0.25, 0.3) is 5.91 Å². The minimum Gasteiger partial charge on any atom is -0.497 e. The fourth-order valence-electron chi connectivity index (χ4n) is 5.67. The highest BCUT2D eigenvalue weighted by atomic mass is 16.5. The SMILES string of the molecule is COc1ccc(C(=O)N2CC(c3nncn3CC3CC3)C3(CCCCC3)C2)c(C)c1. The lowest BCUT2D eigenvalue weighted by molar-refractivity contribution is 0.0757. The van der Waals surface area contributed by atoms with Gasteiger partial charge in [0.05, 0.1) is 7.11 Å². The minimum atomic E-state index is 0.135. The molecule has 30 heavy (non-hydrogen) atoms. The van der Waals surface area contributed by atoms with Gasteiger partial charge >= 0.3 is 0 Å². The van der Waals surface area contributed by atoms with Gasteiger partial charge < -0.3 is 14.2 Å². The van der Waals surface area contributed by atoms with Crippen molar-refractivity contribution in [3.8, 4) is 5.75 Å². The zero-order valence-corrected chi connectivity index (χ0v) is 18.1. The fourth-order valence-corrected chi connectivity index (χ4v) is 5.67. The van der Waals surface area contributed by atoms with E-state index < -0.39 is 0 Å². The van der Waals surface area contributed by atoms with Crippen molar-refractivity contribution in [1.82, 2.24) is 19.7 Å². The van der Waals surface area contributed by atoms with E-state index in [0.29, 0.717) is 0 Å². The molecule has 1 amide bonds. The van der Waals surface area contributed by atoms with Crippen LogP contribution in [-0.4, -0.2) is 45.8 Å². The summed E-state index contributed by atoms with van der Waals surface area (Å²) in [5.41, 5.74) is 1.89. The second kappa shape index (κ2) is 7.71. The first-order valence-corrected chi connectivity index (χ1v) is 11.4. The van der Waals surface area contributed by atoms with Crippen LogP contribution in [0.25, 0.3) is 0 Å². The molecule has 1 unspecified atom stereocenters. The Morgan fingerprint density at radius 1 is 1.23 bits per heavy atom. The highest BCUT2D eigenvalue weighted by molar-refractivity contribution is 5.96. The van der Waals surface area contributed by atoms with E-state index in [1.54, 1.807) is 7.11 Å². The summed E-state index contributed by atoms with van der Waals surface area (Å²) in [6.07, 6.45) is 10.7. The number of carbonyl (C=O) groups is 1. The topological polar surface area (TPSA) is 60.2 Å². The Bertz CT molecular complexity index is 927. The molecule has 1 aromatic carbocycles. The van der Waals surface area contributed by atoms with Crippen molar-refractivity contribution in [2.75, 3.05) is 20.2 Å².